The summed E-state index contributed by atoms with van der Waals surface area (Å²) in [5.41, 5.74) is 2.08. The standard InChI is InChI=1S/C25H27BrN2O3S/c1-19(12-13-20-8-4-2-5-9-20)27-25(29)24(18-21-10-6-3-7-11-21)28-32(30,31)23-16-14-22(26)15-17-23/h2-11,14-17,19,24,28H,12-13,18H2,1H3,(H,27,29)/t19-,24-/m1/s1. The first-order valence-electron chi connectivity index (χ1n) is 10.5. The van der Waals surface area contributed by atoms with E-state index in [4.69, 9.17) is 0 Å². The Bertz CT molecular complexity index is 1100. The number of benzene rings is 3. The molecule has 32 heavy (non-hydrogen) atoms. The van der Waals surface area contributed by atoms with Gasteiger partial charge in [-0.05, 0) is 61.6 Å². The van der Waals surface area contributed by atoms with Gasteiger partial charge in [-0.15, -0.1) is 0 Å². The number of nitrogens with one attached hydrogen (secondary N) is 2. The zero-order valence-electron chi connectivity index (χ0n) is 17.9. The van der Waals surface area contributed by atoms with Crippen LogP contribution < -0.4 is 10.0 Å². The lowest BCUT2D eigenvalue weighted by Gasteiger charge is -2.22. The van der Waals surface area contributed by atoms with Gasteiger partial charge >= 0.3 is 0 Å². The predicted molar refractivity (Wildman–Crippen MR) is 131 cm³/mol. The number of rotatable bonds is 10. The molecule has 168 valence electrons. The van der Waals surface area contributed by atoms with Gasteiger partial charge in [-0.1, -0.05) is 76.6 Å². The summed E-state index contributed by atoms with van der Waals surface area (Å²) in [5.74, 6) is -0.338. The summed E-state index contributed by atoms with van der Waals surface area (Å²) in [5, 5.41) is 2.98. The molecule has 0 unspecified atom stereocenters. The molecule has 0 heterocycles. The molecule has 0 saturated carbocycles. The third-order valence-electron chi connectivity index (χ3n) is 5.12. The van der Waals surface area contributed by atoms with Gasteiger partial charge in [0.05, 0.1) is 4.90 Å². The summed E-state index contributed by atoms with van der Waals surface area (Å²) in [6.07, 6.45) is 1.84. The van der Waals surface area contributed by atoms with Crippen molar-refractivity contribution in [2.45, 2.75) is 43.2 Å². The van der Waals surface area contributed by atoms with E-state index in [2.05, 4.69) is 38.1 Å². The smallest absolute Gasteiger partial charge is 0.241 e. The minimum absolute atomic E-state index is 0.0989. The number of hydrogen-bond donors (Lipinski definition) is 2. The Hall–Kier alpha value is -2.48. The van der Waals surface area contributed by atoms with Crippen LogP contribution in [0.2, 0.25) is 0 Å². The van der Waals surface area contributed by atoms with Gasteiger partial charge < -0.3 is 5.32 Å². The highest BCUT2D eigenvalue weighted by Crippen LogP contribution is 2.16. The molecule has 0 saturated heterocycles. The molecular formula is C25H27BrN2O3S. The van der Waals surface area contributed by atoms with E-state index >= 15 is 0 Å². The zero-order valence-corrected chi connectivity index (χ0v) is 20.3. The molecule has 0 fully saturated rings. The van der Waals surface area contributed by atoms with E-state index in [0.29, 0.717) is 0 Å². The van der Waals surface area contributed by atoms with Gasteiger partial charge in [0.1, 0.15) is 6.04 Å². The molecular weight excluding hydrogens is 488 g/mol. The predicted octanol–water partition coefficient (Wildman–Crippen LogP) is 4.48. The van der Waals surface area contributed by atoms with Crippen LogP contribution in [0, 0.1) is 0 Å². The van der Waals surface area contributed by atoms with Crippen molar-refractivity contribution in [3.05, 3.63) is 101 Å². The molecule has 7 heteroatoms. The molecule has 3 aromatic carbocycles. The zero-order chi connectivity index (χ0) is 23.0. The highest BCUT2D eigenvalue weighted by Gasteiger charge is 2.27. The van der Waals surface area contributed by atoms with Gasteiger partial charge in [-0.25, -0.2) is 8.42 Å². The average molecular weight is 515 g/mol. The Kier molecular flexibility index (Phi) is 8.61. The van der Waals surface area contributed by atoms with E-state index in [-0.39, 0.29) is 23.3 Å². The van der Waals surface area contributed by atoms with Crippen molar-refractivity contribution in [2.24, 2.45) is 0 Å². The maximum atomic E-state index is 13.1. The van der Waals surface area contributed by atoms with Crippen LogP contribution in [0.15, 0.2) is 94.3 Å². The van der Waals surface area contributed by atoms with Gasteiger partial charge in [0.25, 0.3) is 0 Å². The van der Waals surface area contributed by atoms with Gasteiger partial charge in [0.15, 0.2) is 0 Å². The largest absolute Gasteiger partial charge is 0.352 e. The number of halogens is 1. The van der Waals surface area contributed by atoms with Gasteiger partial charge in [-0.3, -0.25) is 4.79 Å². The van der Waals surface area contributed by atoms with Gasteiger partial charge in [0.2, 0.25) is 15.9 Å². The maximum absolute atomic E-state index is 13.1. The summed E-state index contributed by atoms with van der Waals surface area (Å²) in [6.45, 7) is 1.93. The van der Waals surface area contributed by atoms with E-state index in [9.17, 15) is 13.2 Å². The molecule has 0 spiro atoms. The van der Waals surface area contributed by atoms with Crippen LogP contribution >= 0.6 is 15.9 Å². The number of sulfonamides is 1. The molecule has 1 amide bonds. The third kappa shape index (κ3) is 7.29. The fraction of sp³-hybridized carbons (Fsp3) is 0.240. The van der Waals surface area contributed by atoms with Crippen molar-refractivity contribution in [1.82, 2.24) is 10.0 Å². The molecule has 2 N–H and O–H groups in total. The molecule has 0 radical (unpaired) electrons. The molecule has 0 bridgehead atoms. The highest BCUT2D eigenvalue weighted by molar-refractivity contribution is 9.10. The molecule has 3 aromatic rings. The minimum atomic E-state index is -3.86. The third-order valence-corrected chi connectivity index (χ3v) is 7.13. The van der Waals surface area contributed by atoms with Crippen LogP contribution in [0.5, 0.6) is 0 Å². The van der Waals surface area contributed by atoms with Crippen LogP contribution in [0.1, 0.15) is 24.5 Å². The van der Waals surface area contributed by atoms with Gasteiger partial charge in [0, 0.05) is 10.5 Å². The van der Waals surface area contributed by atoms with Crippen molar-refractivity contribution in [2.75, 3.05) is 0 Å². The number of hydrogen-bond acceptors (Lipinski definition) is 3. The lowest BCUT2D eigenvalue weighted by Crippen LogP contribution is -2.50. The van der Waals surface area contributed by atoms with Crippen molar-refractivity contribution in [3.8, 4) is 0 Å². The number of carbonyl (C=O) groups excluding carboxylic acids is 1. The van der Waals surface area contributed by atoms with Crippen molar-refractivity contribution >= 4 is 31.9 Å². The average Bonchev–Trinajstić information content (AvgIpc) is 2.79. The first-order valence-corrected chi connectivity index (χ1v) is 12.8. The summed E-state index contributed by atoms with van der Waals surface area (Å²) in [6, 6.07) is 24.8. The van der Waals surface area contributed by atoms with E-state index in [0.717, 1.165) is 22.9 Å². The van der Waals surface area contributed by atoms with Crippen molar-refractivity contribution < 1.29 is 13.2 Å². The lowest BCUT2D eigenvalue weighted by atomic mass is 10.0. The molecule has 0 aliphatic carbocycles. The second-order valence-electron chi connectivity index (χ2n) is 7.75. The molecule has 0 aromatic heterocycles. The molecule has 5 nitrogen and oxygen atoms in total. The summed E-state index contributed by atoms with van der Waals surface area (Å²) < 4.78 is 29.3. The van der Waals surface area contributed by atoms with Crippen molar-refractivity contribution in [3.63, 3.8) is 0 Å². The molecule has 0 aliphatic heterocycles. The molecule has 0 aliphatic rings. The van der Waals surface area contributed by atoms with Crippen LogP contribution in [0.4, 0.5) is 0 Å². The SMILES string of the molecule is C[C@H](CCc1ccccc1)NC(=O)[C@@H](Cc1ccccc1)NS(=O)(=O)c1ccc(Br)cc1. The van der Waals surface area contributed by atoms with E-state index in [1.54, 1.807) is 12.1 Å². The van der Waals surface area contributed by atoms with Gasteiger partial charge in [-0.2, -0.15) is 4.72 Å². The van der Waals surface area contributed by atoms with Crippen molar-refractivity contribution in [1.29, 1.82) is 0 Å². The second kappa shape index (κ2) is 11.4. The first-order chi connectivity index (χ1) is 15.3. The Morgan fingerprint density at radius 2 is 1.44 bits per heavy atom. The highest BCUT2D eigenvalue weighted by atomic mass is 79.9. The van der Waals surface area contributed by atoms with Crippen LogP contribution in [-0.2, 0) is 27.7 Å². The summed E-state index contributed by atoms with van der Waals surface area (Å²) in [4.78, 5) is 13.2. The Balaban J connectivity index is 1.71. The van der Waals surface area contributed by atoms with Crippen LogP contribution in [0.3, 0.4) is 0 Å². The first kappa shape index (κ1) is 24.2. The Morgan fingerprint density at radius 1 is 0.875 bits per heavy atom. The second-order valence-corrected chi connectivity index (χ2v) is 10.4. The maximum Gasteiger partial charge on any atom is 0.241 e. The number of aryl methyl sites for hydroxylation is 1. The van der Waals surface area contributed by atoms with E-state index in [1.807, 2.05) is 55.5 Å². The Morgan fingerprint density at radius 3 is 2.03 bits per heavy atom. The minimum Gasteiger partial charge on any atom is -0.352 e. The van der Waals surface area contributed by atoms with E-state index < -0.39 is 16.1 Å². The van der Waals surface area contributed by atoms with E-state index in [1.165, 1.54) is 17.7 Å². The normalized spacial score (nSPS) is 13.3. The fourth-order valence-electron chi connectivity index (χ4n) is 3.35. The fourth-order valence-corrected chi connectivity index (χ4v) is 4.81. The summed E-state index contributed by atoms with van der Waals surface area (Å²) in [7, 11) is -3.86. The quantitative estimate of drug-likeness (QED) is 0.418. The monoisotopic (exact) mass is 514 g/mol. The number of carbonyl (C=O) groups is 1. The van der Waals surface area contributed by atoms with Crippen LogP contribution in [-0.4, -0.2) is 26.4 Å². The Labute approximate surface area is 198 Å². The topological polar surface area (TPSA) is 75.3 Å². The lowest BCUT2D eigenvalue weighted by molar-refractivity contribution is -0.123. The number of amides is 1. The molecule has 2 atom stereocenters. The summed E-state index contributed by atoms with van der Waals surface area (Å²) >= 11 is 3.31. The molecule has 3 rings (SSSR count). The van der Waals surface area contributed by atoms with Crippen LogP contribution in [0.25, 0.3) is 0 Å².